The topological polar surface area (TPSA) is 570 Å². The Balaban J connectivity index is 1.44. The molecule has 4 aromatic carbocycles. The van der Waals surface area contributed by atoms with Crippen LogP contribution in [-0.2, 0) is 92.8 Å². The van der Waals surface area contributed by atoms with E-state index in [1.807, 2.05) is 0 Å². The van der Waals surface area contributed by atoms with Crippen LogP contribution in [0.25, 0.3) is 10.9 Å². The van der Waals surface area contributed by atoms with Crippen LogP contribution in [0.15, 0.2) is 121 Å². The van der Waals surface area contributed by atoms with E-state index in [0.717, 1.165) is 13.8 Å². The van der Waals surface area contributed by atoms with Gasteiger partial charge in [0.1, 0.15) is 72.5 Å². The molecule has 1 aromatic heterocycles. The molecule has 610 valence electrons. The van der Waals surface area contributed by atoms with Gasteiger partial charge in [-0.2, -0.15) is 25.3 Å². The quantitative estimate of drug-likeness (QED) is 0.0129. The van der Waals surface area contributed by atoms with Gasteiger partial charge in [0.25, 0.3) is 0 Å². The van der Waals surface area contributed by atoms with Gasteiger partial charge in [-0.3, -0.25) is 62.3 Å². The lowest BCUT2D eigenvalue weighted by Crippen LogP contribution is -2.63. The minimum atomic E-state index is -1.89. The Morgan fingerprint density at radius 2 is 0.759 bits per heavy atom. The standard InChI is InChI=1S/C75H105N17O18S2/c1-41(78)63(97)80-37-60(96)82-58(39-111)72(106)84-51(28-16-18-30-76)65(99)81-42(2)64(98)85-53(32-45-20-8-5-9-21-45)67(101)86-54(33-46-22-10-6-11-23-46)68(102)87-56(35-48-36-79-50-27-15-14-26-49(48)50)69(103)83-52(29-17-19-31-77)66(100)91-61(43(3)94)73(107)88-55(34-47-24-12-7-13-25-47)70(104)92-62(44(4)95)74(108)89-57(38-93)71(105)90-59(40-112)75(109)110/h5-15,20-27,36,41-44,51-59,61-62,79,93-95,111-112H,16-19,28-35,37-40,76-78H2,1-4H3,(H,80,97)(H,81,99)(H,82,96)(H,83,103)(H,84,106)(H,85,98)(H,86,101)(H,87,102)(H,88,107)(H,89,108)(H,90,105)(H,91,100)(H,92,104)(H,109,110)/t41-,42-,43?,44?,51+,52+,53+,54+,55+,56-,57+,58+,59-,61+,62+/m1/s1. The Morgan fingerprint density at radius 1 is 0.402 bits per heavy atom. The number of aliphatic hydroxyl groups excluding tert-OH is 3. The summed E-state index contributed by atoms with van der Waals surface area (Å²) in [6.07, 6.45) is -1.51. The Hall–Kier alpha value is -10.5. The van der Waals surface area contributed by atoms with Gasteiger partial charge in [-0.25, -0.2) is 4.79 Å². The van der Waals surface area contributed by atoms with Gasteiger partial charge in [0, 0.05) is 54.3 Å². The number of rotatable bonds is 48. The molecule has 15 atom stereocenters. The first kappa shape index (κ1) is 92.1. The molecule has 0 radical (unpaired) electrons. The second kappa shape index (κ2) is 47.6. The molecular weight excluding hydrogens is 1490 g/mol. The molecule has 112 heavy (non-hydrogen) atoms. The van der Waals surface area contributed by atoms with Crippen molar-refractivity contribution in [2.45, 2.75) is 183 Å². The molecule has 24 N–H and O–H groups in total. The first-order valence-electron chi connectivity index (χ1n) is 36.6. The summed E-state index contributed by atoms with van der Waals surface area (Å²) in [5.74, 6) is -14.3. The van der Waals surface area contributed by atoms with Gasteiger partial charge in [0.15, 0.2) is 0 Å². The van der Waals surface area contributed by atoms with Gasteiger partial charge in [0.2, 0.25) is 76.8 Å². The van der Waals surface area contributed by atoms with Crippen LogP contribution in [-0.4, -0.2) is 237 Å². The molecule has 5 aromatic rings. The summed E-state index contributed by atoms with van der Waals surface area (Å²) in [6.45, 7) is 3.85. The number of para-hydroxylation sites is 1. The van der Waals surface area contributed by atoms with Gasteiger partial charge in [-0.1, -0.05) is 109 Å². The van der Waals surface area contributed by atoms with Crippen LogP contribution in [0.2, 0.25) is 0 Å². The second-order valence-corrected chi connectivity index (χ2v) is 27.6. The Morgan fingerprint density at radius 3 is 1.18 bits per heavy atom. The van der Waals surface area contributed by atoms with Gasteiger partial charge >= 0.3 is 5.97 Å². The predicted octanol–water partition coefficient (Wildman–Crippen LogP) is -4.30. The number of carbonyl (C=O) groups is 14. The highest BCUT2D eigenvalue weighted by atomic mass is 32.1. The molecule has 13 amide bonds. The van der Waals surface area contributed by atoms with E-state index in [-0.39, 0.29) is 69.5 Å². The van der Waals surface area contributed by atoms with Crippen molar-refractivity contribution in [3.8, 4) is 0 Å². The number of unbranched alkanes of at least 4 members (excludes halogenated alkanes) is 2. The van der Waals surface area contributed by atoms with E-state index in [0.29, 0.717) is 52.4 Å². The minimum absolute atomic E-state index is 0.0374. The maximum absolute atomic E-state index is 15.3. The van der Waals surface area contributed by atoms with Crippen molar-refractivity contribution in [2.24, 2.45) is 17.2 Å². The lowest BCUT2D eigenvalue weighted by Gasteiger charge is -2.29. The normalized spacial score (nSPS) is 15.2. The summed E-state index contributed by atoms with van der Waals surface area (Å²) in [5.41, 5.74) is 19.9. The van der Waals surface area contributed by atoms with Crippen LogP contribution in [0.4, 0.5) is 0 Å². The number of H-pyrrole nitrogens is 1. The number of carboxylic acid groups (broad SMARTS) is 1. The summed E-state index contributed by atoms with van der Waals surface area (Å²) in [5, 5.41) is 74.8. The summed E-state index contributed by atoms with van der Waals surface area (Å²) < 4.78 is 0. The fourth-order valence-electron chi connectivity index (χ4n) is 11.5. The van der Waals surface area contributed by atoms with Crippen LogP contribution in [0.1, 0.15) is 88.5 Å². The predicted molar refractivity (Wildman–Crippen MR) is 420 cm³/mol. The third-order valence-electron chi connectivity index (χ3n) is 17.8. The molecule has 35 nitrogen and oxygen atoms in total. The monoisotopic (exact) mass is 1600 g/mol. The number of aromatic amines is 1. The number of benzene rings is 4. The number of fused-ring (bicyclic) bond motifs is 1. The smallest absolute Gasteiger partial charge is 0.327 e. The van der Waals surface area contributed by atoms with Crippen LogP contribution in [0.5, 0.6) is 0 Å². The Bertz CT molecular complexity index is 3960. The van der Waals surface area contributed by atoms with E-state index in [9.17, 15) is 73.2 Å². The molecule has 0 aliphatic heterocycles. The summed E-state index contributed by atoms with van der Waals surface area (Å²) >= 11 is 8.10. The van der Waals surface area contributed by atoms with E-state index in [2.05, 4.69) is 99.4 Å². The van der Waals surface area contributed by atoms with Crippen molar-refractivity contribution >= 4 is 119 Å². The van der Waals surface area contributed by atoms with E-state index in [4.69, 9.17) is 17.2 Å². The van der Waals surface area contributed by atoms with E-state index < -0.39 is 187 Å². The summed E-state index contributed by atoms with van der Waals surface area (Å²) in [4.78, 5) is 197. The van der Waals surface area contributed by atoms with E-state index in [1.165, 1.54) is 13.8 Å². The maximum atomic E-state index is 15.3. The van der Waals surface area contributed by atoms with Crippen LogP contribution >= 0.6 is 25.3 Å². The number of aliphatic carboxylic acids is 1. The number of amides is 13. The Labute approximate surface area is 658 Å². The molecule has 0 bridgehead atoms. The zero-order valence-electron chi connectivity index (χ0n) is 62.7. The molecule has 0 saturated carbocycles. The lowest BCUT2D eigenvalue weighted by atomic mass is 10.00. The fraction of sp³-hybridized carbons (Fsp3) is 0.467. The number of nitrogens with one attached hydrogen (secondary N) is 14. The summed E-state index contributed by atoms with van der Waals surface area (Å²) in [7, 11) is 0. The number of carbonyl (C=O) groups excluding carboxylic acids is 13. The SMILES string of the molecule is CC(O)[C@H](NC(=O)[C@H](CCCCN)NC(=O)[C@@H](Cc1c[nH]c2ccccc12)NC(=O)[C@H](Cc1ccccc1)NC(=O)[C@H](Cc1ccccc1)NC(=O)[C@@H](C)NC(=O)[C@H](CCCCN)NC(=O)[C@H](CS)NC(=O)CNC(=O)[C@@H](C)N)C(=O)N[C@@H](Cc1ccccc1)C(=O)N[C@H](C(=O)N[C@@H](CO)C(=O)N[C@H](CS)C(=O)O)C(C)O. The maximum Gasteiger partial charge on any atom is 0.327 e. The zero-order chi connectivity index (χ0) is 82.6. The molecule has 5 rings (SSSR count). The molecule has 0 fully saturated rings. The van der Waals surface area contributed by atoms with Gasteiger partial charge in [-0.05, 0) is 108 Å². The number of hydrogen-bond donors (Lipinski definition) is 23. The molecule has 0 aliphatic rings. The average molecular weight is 1600 g/mol. The van der Waals surface area contributed by atoms with Crippen molar-refractivity contribution < 1.29 is 87.5 Å². The molecule has 2 unspecified atom stereocenters. The fourth-order valence-corrected chi connectivity index (χ4v) is 12.0. The van der Waals surface area contributed by atoms with E-state index >= 15 is 14.4 Å². The van der Waals surface area contributed by atoms with Gasteiger partial charge in [-0.15, -0.1) is 0 Å². The van der Waals surface area contributed by atoms with Gasteiger partial charge < -0.3 is 112 Å². The number of carboxylic acids is 1. The van der Waals surface area contributed by atoms with Crippen LogP contribution in [0, 0.1) is 0 Å². The first-order valence-corrected chi connectivity index (χ1v) is 37.8. The number of aromatic nitrogens is 1. The van der Waals surface area contributed by atoms with Crippen molar-refractivity contribution in [1.82, 2.24) is 74.1 Å². The highest BCUT2D eigenvalue weighted by Gasteiger charge is 2.39. The largest absolute Gasteiger partial charge is 0.480 e. The second-order valence-electron chi connectivity index (χ2n) is 26.9. The minimum Gasteiger partial charge on any atom is -0.480 e. The zero-order valence-corrected chi connectivity index (χ0v) is 64.4. The highest BCUT2D eigenvalue weighted by molar-refractivity contribution is 7.80. The number of hydrogen-bond acceptors (Lipinski definition) is 22. The highest BCUT2D eigenvalue weighted by Crippen LogP contribution is 2.21. The van der Waals surface area contributed by atoms with Crippen LogP contribution < -0.4 is 86.3 Å². The summed E-state index contributed by atoms with van der Waals surface area (Å²) in [6, 6.07) is 12.5. The average Bonchev–Trinajstić information content (AvgIpc) is 1.16. The van der Waals surface area contributed by atoms with Crippen molar-refractivity contribution in [3.05, 3.63) is 144 Å². The lowest BCUT2D eigenvalue weighted by molar-refractivity contribution is -0.142. The van der Waals surface area contributed by atoms with Crippen molar-refractivity contribution in [3.63, 3.8) is 0 Å². The first-order chi connectivity index (χ1) is 53.4. The van der Waals surface area contributed by atoms with Crippen molar-refractivity contribution in [1.29, 1.82) is 0 Å². The molecule has 1 heterocycles. The van der Waals surface area contributed by atoms with Crippen LogP contribution in [0.3, 0.4) is 0 Å². The molecule has 0 spiro atoms. The third kappa shape index (κ3) is 30.3. The Kier molecular flexibility index (Phi) is 39.1. The molecular formula is C75H105N17O18S2. The number of aliphatic hydroxyl groups is 3. The molecule has 0 saturated heterocycles. The van der Waals surface area contributed by atoms with Gasteiger partial charge in [0.05, 0.1) is 31.4 Å². The van der Waals surface area contributed by atoms with Crippen molar-refractivity contribution in [2.75, 3.05) is 37.7 Å². The molecule has 0 aliphatic carbocycles. The molecule has 37 heteroatoms. The van der Waals surface area contributed by atoms with E-state index in [1.54, 1.807) is 121 Å². The number of nitrogens with two attached hydrogens (primary N) is 3. The third-order valence-corrected chi connectivity index (χ3v) is 18.5. The number of thiol groups is 2.